The topological polar surface area (TPSA) is 98.1 Å². The first-order chi connectivity index (χ1) is 17.4. The highest BCUT2D eigenvalue weighted by molar-refractivity contribution is 6.03. The van der Waals surface area contributed by atoms with Gasteiger partial charge in [0.1, 0.15) is 17.3 Å². The van der Waals surface area contributed by atoms with Crippen LogP contribution < -0.4 is 10.2 Å². The SMILES string of the molecule is O=C(Nc1ccc(-n2nc(-c3cccnc3)cc2C(F)(F)F)cn1)c1ccc(N2CCOCC2)nc1. The number of amides is 1. The molecule has 0 aromatic carbocycles. The standard InChI is InChI=1S/C24H20F3N7O2/c25-24(26,27)20-12-19(16-2-1-7-28-13-16)32-34(20)18-4-5-21(29-15-18)31-23(35)17-3-6-22(30-14-17)33-8-10-36-11-9-33/h1-7,12-15H,8-11H2,(H,29,31,35). The van der Waals surface area contributed by atoms with Crippen molar-refractivity contribution in [1.29, 1.82) is 0 Å². The lowest BCUT2D eigenvalue weighted by atomic mass is 10.2. The summed E-state index contributed by atoms with van der Waals surface area (Å²) in [5, 5.41) is 6.74. The van der Waals surface area contributed by atoms with Gasteiger partial charge in [0, 0.05) is 37.2 Å². The van der Waals surface area contributed by atoms with Crippen LogP contribution in [0.1, 0.15) is 16.1 Å². The van der Waals surface area contributed by atoms with Gasteiger partial charge < -0.3 is 15.0 Å². The summed E-state index contributed by atoms with van der Waals surface area (Å²) in [6, 6.07) is 10.4. The fraction of sp³-hybridized carbons (Fsp3) is 0.208. The smallest absolute Gasteiger partial charge is 0.378 e. The van der Waals surface area contributed by atoms with Crippen LogP contribution in [0.2, 0.25) is 0 Å². The number of nitrogens with one attached hydrogen (secondary N) is 1. The zero-order valence-electron chi connectivity index (χ0n) is 18.8. The molecule has 1 saturated heterocycles. The van der Waals surface area contributed by atoms with Gasteiger partial charge in [0.15, 0.2) is 0 Å². The molecule has 0 atom stereocenters. The van der Waals surface area contributed by atoms with E-state index in [-0.39, 0.29) is 17.2 Å². The molecule has 0 radical (unpaired) electrons. The van der Waals surface area contributed by atoms with Gasteiger partial charge in [0.25, 0.3) is 5.91 Å². The molecule has 0 bridgehead atoms. The number of hydrogen-bond acceptors (Lipinski definition) is 7. The third kappa shape index (κ3) is 5.03. The quantitative estimate of drug-likeness (QED) is 0.449. The van der Waals surface area contributed by atoms with Crippen LogP contribution in [0.4, 0.5) is 24.8 Å². The molecule has 36 heavy (non-hydrogen) atoms. The molecular formula is C24H20F3N7O2. The maximum Gasteiger partial charge on any atom is 0.433 e. The molecule has 12 heteroatoms. The van der Waals surface area contributed by atoms with Crippen molar-refractivity contribution in [2.24, 2.45) is 0 Å². The van der Waals surface area contributed by atoms with Crippen molar-refractivity contribution in [3.63, 3.8) is 0 Å². The highest BCUT2D eigenvalue weighted by Crippen LogP contribution is 2.34. The number of nitrogens with zero attached hydrogens (tertiary/aromatic N) is 6. The van der Waals surface area contributed by atoms with E-state index in [1.165, 1.54) is 36.9 Å². The number of carbonyl (C=O) groups excluding carboxylic acids is 1. The Morgan fingerprint density at radius 1 is 1.00 bits per heavy atom. The molecule has 0 spiro atoms. The predicted octanol–water partition coefficient (Wildman–Crippen LogP) is 3.83. The third-order valence-corrected chi connectivity index (χ3v) is 5.54. The largest absolute Gasteiger partial charge is 0.433 e. The van der Waals surface area contributed by atoms with Crippen LogP contribution in [-0.4, -0.2) is 56.9 Å². The minimum atomic E-state index is -4.64. The highest BCUT2D eigenvalue weighted by Gasteiger charge is 2.36. The molecule has 1 N–H and O–H groups in total. The first-order valence-electron chi connectivity index (χ1n) is 11.0. The molecule has 1 aliphatic rings. The molecule has 1 amide bonds. The predicted molar refractivity (Wildman–Crippen MR) is 125 cm³/mol. The second-order valence-corrected chi connectivity index (χ2v) is 7.93. The Kier molecular flexibility index (Phi) is 6.34. The molecule has 5 rings (SSSR count). The molecule has 0 saturated carbocycles. The minimum absolute atomic E-state index is 0.0898. The second-order valence-electron chi connectivity index (χ2n) is 7.93. The Labute approximate surface area is 203 Å². The number of halogens is 3. The molecule has 1 aliphatic heterocycles. The van der Waals surface area contributed by atoms with Crippen molar-refractivity contribution in [1.82, 2.24) is 24.7 Å². The first kappa shape index (κ1) is 23.4. The van der Waals surface area contributed by atoms with Gasteiger partial charge in [0.05, 0.1) is 36.4 Å². The van der Waals surface area contributed by atoms with Crippen molar-refractivity contribution >= 4 is 17.5 Å². The molecule has 0 aliphatic carbocycles. The van der Waals surface area contributed by atoms with E-state index in [4.69, 9.17) is 4.74 Å². The van der Waals surface area contributed by atoms with E-state index in [2.05, 4.69) is 30.3 Å². The number of ether oxygens (including phenoxy) is 1. The number of carbonyl (C=O) groups is 1. The summed E-state index contributed by atoms with van der Waals surface area (Å²) in [7, 11) is 0. The van der Waals surface area contributed by atoms with Crippen LogP contribution in [0.15, 0.2) is 67.3 Å². The third-order valence-electron chi connectivity index (χ3n) is 5.54. The van der Waals surface area contributed by atoms with Crippen LogP contribution in [0.5, 0.6) is 0 Å². The fourth-order valence-corrected chi connectivity index (χ4v) is 3.71. The molecule has 1 fully saturated rings. The molecule has 4 aromatic rings. The average molecular weight is 495 g/mol. The van der Waals surface area contributed by atoms with E-state index in [0.717, 1.165) is 29.7 Å². The normalized spacial score (nSPS) is 14.0. The minimum Gasteiger partial charge on any atom is -0.378 e. The molecular weight excluding hydrogens is 475 g/mol. The van der Waals surface area contributed by atoms with Crippen molar-refractivity contribution in [3.05, 3.63) is 78.5 Å². The summed E-state index contributed by atoms with van der Waals surface area (Å²) in [6.45, 7) is 2.70. The summed E-state index contributed by atoms with van der Waals surface area (Å²) in [5.41, 5.74) is 0.0384. The number of morpholine rings is 1. The van der Waals surface area contributed by atoms with Crippen molar-refractivity contribution in [2.45, 2.75) is 6.18 Å². The summed E-state index contributed by atoms with van der Waals surface area (Å²) in [6.07, 6.45) is 1.00. The lowest BCUT2D eigenvalue weighted by Crippen LogP contribution is -2.36. The lowest BCUT2D eigenvalue weighted by Gasteiger charge is -2.27. The van der Waals surface area contributed by atoms with Crippen LogP contribution in [-0.2, 0) is 10.9 Å². The summed E-state index contributed by atoms with van der Waals surface area (Å²) < 4.78 is 47.1. The van der Waals surface area contributed by atoms with Gasteiger partial charge in [-0.3, -0.25) is 9.78 Å². The van der Waals surface area contributed by atoms with Gasteiger partial charge in [-0.15, -0.1) is 0 Å². The van der Waals surface area contributed by atoms with Crippen molar-refractivity contribution in [2.75, 3.05) is 36.5 Å². The molecule has 0 unspecified atom stereocenters. The van der Waals surface area contributed by atoms with Gasteiger partial charge in [-0.05, 0) is 42.5 Å². The van der Waals surface area contributed by atoms with Crippen LogP contribution in [0.3, 0.4) is 0 Å². The van der Waals surface area contributed by atoms with Gasteiger partial charge in [-0.1, -0.05) is 0 Å². The fourth-order valence-electron chi connectivity index (χ4n) is 3.71. The van der Waals surface area contributed by atoms with E-state index < -0.39 is 17.8 Å². The Bertz CT molecular complexity index is 1340. The maximum absolute atomic E-state index is 13.7. The number of aromatic nitrogens is 5. The number of pyridine rings is 3. The molecule has 5 heterocycles. The summed E-state index contributed by atoms with van der Waals surface area (Å²) in [4.78, 5) is 27.1. The van der Waals surface area contributed by atoms with E-state index in [0.29, 0.717) is 24.3 Å². The molecule has 4 aromatic heterocycles. The van der Waals surface area contributed by atoms with E-state index in [1.807, 2.05) is 0 Å². The van der Waals surface area contributed by atoms with Gasteiger partial charge in [0.2, 0.25) is 0 Å². The van der Waals surface area contributed by atoms with Crippen molar-refractivity contribution < 1.29 is 22.7 Å². The van der Waals surface area contributed by atoms with E-state index in [1.54, 1.807) is 24.3 Å². The number of rotatable bonds is 5. The monoisotopic (exact) mass is 495 g/mol. The summed E-state index contributed by atoms with van der Waals surface area (Å²) in [5.74, 6) is 0.488. The Morgan fingerprint density at radius 3 is 2.47 bits per heavy atom. The van der Waals surface area contributed by atoms with Gasteiger partial charge in [-0.25, -0.2) is 14.6 Å². The number of alkyl halides is 3. The summed E-state index contributed by atoms with van der Waals surface area (Å²) >= 11 is 0. The lowest BCUT2D eigenvalue weighted by molar-refractivity contribution is -0.142. The van der Waals surface area contributed by atoms with Gasteiger partial charge in [-0.2, -0.15) is 18.3 Å². The Morgan fingerprint density at radius 2 is 1.83 bits per heavy atom. The zero-order chi connectivity index (χ0) is 25.1. The van der Waals surface area contributed by atoms with Crippen LogP contribution in [0.25, 0.3) is 16.9 Å². The van der Waals surface area contributed by atoms with E-state index in [9.17, 15) is 18.0 Å². The highest BCUT2D eigenvalue weighted by atomic mass is 19.4. The molecule has 9 nitrogen and oxygen atoms in total. The van der Waals surface area contributed by atoms with Crippen LogP contribution >= 0.6 is 0 Å². The first-order valence-corrected chi connectivity index (χ1v) is 11.0. The van der Waals surface area contributed by atoms with E-state index >= 15 is 0 Å². The zero-order valence-corrected chi connectivity index (χ0v) is 18.8. The number of anilines is 2. The van der Waals surface area contributed by atoms with Crippen LogP contribution in [0, 0.1) is 0 Å². The Balaban J connectivity index is 1.32. The maximum atomic E-state index is 13.7. The number of hydrogen-bond donors (Lipinski definition) is 1. The average Bonchev–Trinajstić information content (AvgIpc) is 3.37. The van der Waals surface area contributed by atoms with Gasteiger partial charge >= 0.3 is 6.18 Å². The van der Waals surface area contributed by atoms with Crippen molar-refractivity contribution in [3.8, 4) is 16.9 Å². The Hall–Kier alpha value is -4.32. The second kappa shape index (κ2) is 9.74. The molecule has 184 valence electrons.